The fourth-order valence-corrected chi connectivity index (χ4v) is 44.1. The van der Waals surface area contributed by atoms with E-state index in [0.29, 0.717) is 18.0 Å². The number of hydrogen-bond donors (Lipinski definition) is 0. The van der Waals surface area contributed by atoms with Gasteiger partial charge in [-0.15, -0.1) is 0 Å². The molecule has 0 aliphatic carbocycles. The van der Waals surface area contributed by atoms with Crippen molar-refractivity contribution in [1.29, 1.82) is 0 Å². The molecule has 0 aromatic rings. The van der Waals surface area contributed by atoms with Crippen LogP contribution in [0.5, 0.6) is 0 Å². The quantitative estimate of drug-likeness (QED) is 0.0314. The highest BCUT2D eigenvalue weighted by atomic mass is 28.5. The van der Waals surface area contributed by atoms with Gasteiger partial charge in [-0.2, -0.15) is 0 Å². The fourth-order valence-electron chi connectivity index (χ4n) is 5.46. The van der Waals surface area contributed by atoms with E-state index in [4.69, 9.17) is 42.7 Å². The Morgan fingerprint density at radius 1 is 0.519 bits per heavy atom. The predicted molar refractivity (Wildman–Crippen MR) is 241 cm³/mol. The summed E-state index contributed by atoms with van der Waals surface area (Å²) in [7, 11) is -16.1. The van der Waals surface area contributed by atoms with Gasteiger partial charge in [-0.05, 0) is 148 Å². The lowest BCUT2D eigenvalue weighted by molar-refractivity contribution is -0.139. The summed E-state index contributed by atoms with van der Waals surface area (Å²) in [6.45, 7) is 39.2. The van der Waals surface area contributed by atoms with Crippen molar-refractivity contribution in [3.05, 3.63) is 12.2 Å². The van der Waals surface area contributed by atoms with Crippen molar-refractivity contribution in [2.75, 3.05) is 27.9 Å². The smallest absolute Gasteiger partial charge is 0.462 e. The van der Waals surface area contributed by atoms with E-state index in [0.717, 1.165) is 36.3 Å². The summed E-state index contributed by atoms with van der Waals surface area (Å²) in [5.41, 5.74) is 0.384. The summed E-state index contributed by atoms with van der Waals surface area (Å²) in [5, 5.41) is 0. The van der Waals surface area contributed by atoms with Crippen LogP contribution < -0.4 is 0 Å². The van der Waals surface area contributed by atoms with Gasteiger partial charge in [0.15, 0.2) is 49.9 Å². The van der Waals surface area contributed by atoms with Crippen molar-refractivity contribution in [2.24, 2.45) is 0 Å². The zero-order valence-corrected chi connectivity index (χ0v) is 47.3. The maximum Gasteiger partial charge on any atom is 0.469 e. The Morgan fingerprint density at radius 2 is 0.808 bits per heavy atom. The molecule has 0 aliphatic rings. The first-order valence-corrected chi connectivity index (χ1v) is 45.7. The largest absolute Gasteiger partial charge is 0.469 e. The predicted octanol–water partition coefficient (Wildman–Crippen LogP) is 8.26. The minimum atomic E-state index is -3.39. The molecule has 0 heterocycles. The zero-order valence-electron chi connectivity index (χ0n) is 36.8. The van der Waals surface area contributed by atoms with Crippen LogP contribution in [0.2, 0.25) is 141 Å². The minimum absolute atomic E-state index is 0.247. The number of esters is 1. The van der Waals surface area contributed by atoms with Gasteiger partial charge in [0, 0.05) is 32.9 Å². The molecule has 0 aromatic heterocycles. The van der Waals surface area contributed by atoms with E-state index in [2.05, 4.69) is 105 Å². The maximum atomic E-state index is 12.3. The summed E-state index contributed by atoms with van der Waals surface area (Å²) in [6.07, 6.45) is 0.571. The standard InChI is InChI=1S/C31H80O11Si10/c1-30(2)31(32)36-22-21-26-52(40-49(15,16)27-23-43(33-3)37-46(6,7)8,41-50(17,18)28-24-44(34-4)38-47(9,10)11)42-51(19,20)29-25-45(35-5)39-48(12,13)14/h43-45H,1,21-29H2,2-20H3. The van der Waals surface area contributed by atoms with Crippen LogP contribution in [0, 0.1) is 0 Å². The molecule has 0 saturated heterocycles. The Morgan fingerprint density at radius 3 is 1.04 bits per heavy atom. The molecule has 3 atom stereocenters. The summed E-state index contributed by atoms with van der Waals surface area (Å²) in [6, 6.07) is 5.80. The highest BCUT2D eigenvalue weighted by molar-refractivity contribution is 6.91. The Balaban J connectivity index is 6.79. The van der Waals surface area contributed by atoms with E-state index in [9.17, 15) is 4.79 Å². The fraction of sp³-hybridized carbons (Fsp3) is 0.903. The second kappa shape index (κ2) is 22.8. The number of rotatable bonds is 29. The van der Waals surface area contributed by atoms with E-state index >= 15 is 0 Å². The molecular formula is C31H80O11Si10. The Kier molecular flexibility index (Phi) is 23.3. The molecule has 0 bridgehead atoms. The summed E-state index contributed by atoms with van der Waals surface area (Å²) in [5.74, 6) is -0.386. The highest BCUT2D eigenvalue weighted by Crippen LogP contribution is 2.35. The molecule has 0 rings (SSSR count). The van der Waals surface area contributed by atoms with Crippen molar-refractivity contribution in [3.63, 3.8) is 0 Å². The molecule has 0 saturated carbocycles. The normalized spacial score (nSPS) is 16.7. The van der Waals surface area contributed by atoms with Crippen LogP contribution in [0.3, 0.4) is 0 Å². The lowest BCUT2D eigenvalue weighted by atomic mass is 10.4. The molecule has 0 fully saturated rings. The number of hydrogen-bond acceptors (Lipinski definition) is 11. The van der Waals surface area contributed by atoms with Crippen molar-refractivity contribution in [3.8, 4) is 0 Å². The second-order valence-electron chi connectivity index (χ2n) is 18.6. The lowest BCUT2D eigenvalue weighted by Gasteiger charge is -2.45. The number of carbonyl (C=O) groups is 1. The minimum Gasteiger partial charge on any atom is -0.462 e. The average molecular weight is 910 g/mol. The molecule has 21 heteroatoms. The molecule has 0 N–H and O–H groups in total. The lowest BCUT2D eigenvalue weighted by Crippen LogP contribution is -2.62. The molecule has 310 valence electrons. The van der Waals surface area contributed by atoms with Crippen molar-refractivity contribution in [1.82, 2.24) is 0 Å². The van der Waals surface area contributed by atoms with Crippen molar-refractivity contribution in [2.45, 2.75) is 154 Å². The van der Waals surface area contributed by atoms with Gasteiger partial charge in [-0.1, -0.05) is 6.58 Å². The van der Waals surface area contributed by atoms with Crippen LogP contribution in [0.25, 0.3) is 0 Å². The first-order chi connectivity index (χ1) is 23.4. The zero-order chi connectivity index (χ0) is 40.8. The van der Waals surface area contributed by atoms with Gasteiger partial charge in [0.1, 0.15) is 0 Å². The molecule has 0 spiro atoms. The van der Waals surface area contributed by atoms with E-state index < -0.39 is 86.6 Å². The molecule has 11 nitrogen and oxygen atoms in total. The Hall–Kier alpha value is 1.02. The first kappa shape index (κ1) is 53.0. The van der Waals surface area contributed by atoms with Gasteiger partial charge in [0.2, 0.25) is 0 Å². The van der Waals surface area contributed by atoms with E-state index in [-0.39, 0.29) is 12.6 Å². The summed E-state index contributed by atoms with van der Waals surface area (Å²) >= 11 is 0. The topological polar surface area (TPSA) is 109 Å². The van der Waals surface area contributed by atoms with Gasteiger partial charge in [0.05, 0.1) is 6.61 Å². The number of ether oxygens (including phenoxy) is 1. The monoisotopic (exact) mass is 908 g/mol. The van der Waals surface area contributed by atoms with Gasteiger partial charge < -0.3 is 42.7 Å². The van der Waals surface area contributed by atoms with Crippen molar-refractivity contribution < 1.29 is 47.5 Å². The first-order valence-electron chi connectivity index (χ1n) is 18.9. The Bertz CT molecular complexity index is 961. The molecule has 0 aromatic carbocycles. The Labute approximate surface area is 332 Å². The van der Waals surface area contributed by atoms with E-state index in [1.165, 1.54) is 0 Å². The second-order valence-corrected chi connectivity index (χ2v) is 56.2. The van der Waals surface area contributed by atoms with E-state index in [1.54, 1.807) is 28.3 Å². The SMILES string of the molecule is C=C(C)C(=O)OCCC[Si](O[Si](C)(C)CC[SiH](OC)O[Si](C)(C)C)(O[Si](C)(C)CC[SiH](OC)O[Si](C)(C)C)O[Si](C)(C)CC[SiH](OC)O[Si](C)(C)C. The van der Waals surface area contributed by atoms with E-state index in [1.807, 2.05) is 0 Å². The third-order valence-electron chi connectivity index (χ3n) is 7.69. The van der Waals surface area contributed by atoms with Crippen LogP contribution in [-0.2, 0) is 47.5 Å². The molecule has 3 unspecified atom stereocenters. The van der Waals surface area contributed by atoms with Crippen LogP contribution in [0.15, 0.2) is 12.2 Å². The molecule has 0 aliphatic heterocycles. The van der Waals surface area contributed by atoms with Gasteiger partial charge in [-0.25, -0.2) is 4.79 Å². The summed E-state index contributed by atoms with van der Waals surface area (Å²) < 4.78 is 65.3. The molecule has 0 radical (unpaired) electrons. The van der Waals surface area contributed by atoms with Crippen LogP contribution in [-0.4, -0.2) is 120 Å². The number of carbonyl (C=O) groups excluding carboxylic acids is 1. The molecule has 0 amide bonds. The third-order valence-corrected chi connectivity index (χ3v) is 40.7. The molecular weight excluding hydrogens is 829 g/mol. The van der Waals surface area contributed by atoms with Crippen LogP contribution in [0.1, 0.15) is 13.3 Å². The highest BCUT2D eigenvalue weighted by Gasteiger charge is 2.52. The molecule has 52 heavy (non-hydrogen) atoms. The van der Waals surface area contributed by atoms with Crippen LogP contribution in [0.4, 0.5) is 0 Å². The average Bonchev–Trinajstić information content (AvgIpc) is 2.95. The van der Waals surface area contributed by atoms with Gasteiger partial charge >= 0.3 is 42.6 Å². The van der Waals surface area contributed by atoms with Crippen molar-refractivity contribution >= 4 is 92.5 Å². The van der Waals surface area contributed by atoms with Gasteiger partial charge in [0.25, 0.3) is 0 Å². The van der Waals surface area contributed by atoms with Gasteiger partial charge in [-0.3, -0.25) is 0 Å². The van der Waals surface area contributed by atoms with Crippen LogP contribution >= 0.6 is 0 Å². The summed E-state index contributed by atoms with van der Waals surface area (Å²) in [4.78, 5) is 12.3. The third kappa shape index (κ3) is 26.0. The maximum absolute atomic E-state index is 12.3.